The number of amides is 2. The molecule has 0 heterocycles. The Balaban J connectivity index is 2.21. The van der Waals surface area contributed by atoms with Gasteiger partial charge in [0.05, 0.1) is 12.7 Å². The van der Waals surface area contributed by atoms with E-state index in [1.165, 1.54) is 7.11 Å². The second kappa shape index (κ2) is 6.96. The van der Waals surface area contributed by atoms with Gasteiger partial charge in [-0.25, -0.2) is 0 Å². The fourth-order valence-electron chi connectivity index (χ4n) is 2.17. The van der Waals surface area contributed by atoms with Gasteiger partial charge in [0.2, 0.25) is 5.91 Å². The van der Waals surface area contributed by atoms with Crippen LogP contribution < -0.4 is 15.8 Å². The van der Waals surface area contributed by atoms with Crippen molar-refractivity contribution in [2.75, 3.05) is 12.4 Å². The largest absolute Gasteiger partial charge is 0.496 e. The second-order valence-corrected chi connectivity index (χ2v) is 5.51. The van der Waals surface area contributed by atoms with Crippen LogP contribution in [0, 0.1) is 0 Å². The number of anilines is 1. The zero-order chi connectivity index (χ0) is 17.0. The molecule has 23 heavy (non-hydrogen) atoms. The summed E-state index contributed by atoms with van der Waals surface area (Å²) < 4.78 is 5.32. The molecule has 2 rings (SSSR count). The molecule has 0 aliphatic rings. The van der Waals surface area contributed by atoms with Gasteiger partial charge in [0.15, 0.2) is 0 Å². The molecular formula is C18H20N2O3. The molecule has 0 unspecified atom stereocenters. The van der Waals surface area contributed by atoms with Crippen LogP contribution in [0.2, 0.25) is 0 Å². The molecule has 3 N–H and O–H groups in total. The highest BCUT2D eigenvalue weighted by atomic mass is 16.5. The number of carbonyl (C=O) groups excluding carboxylic acids is 2. The zero-order valence-corrected chi connectivity index (χ0v) is 13.4. The Morgan fingerprint density at radius 1 is 1.09 bits per heavy atom. The quantitative estimate of drug-likeness (QED) is 0.889. The first-order chi connectivity index (χ1) is 10.9. The third kappa shape index (κ3) is 3.88. The number of rotatable bonds is 5. The van der Waals surface area contributed by atoms with Crippen LogP contribution in [-0.2, 0) is 0 Å². The van der Waals surface area contributed by atoms with E-state index in [4.69, 9.17) is 10.5 Å². The molecule has 2 aromatic carbocycles. The molecule has 0 aromatic heterocycles. The summed E-state index contributed by atoms with van der Waals surface area (Å²) in [7, 11) is 1.54. The Kier molecular flexibility index (Phi) is 5.01. The Labute approximate surface area is 135 Å². The van der Waals surface area contributed by atoms with Gasteiger partial charge < -0.3 is 15.8 Å². The van der Waals surface area contributed by atoms with Gasteiger partial charge in [0, 0.05) is 11.3 Å². The molecule has 5 nitrogen and oxygen atoms in total. The number of primary amides is 1. The number of ether oxygens (including phenoxy) is 1. The topological polar surface area (TPSA) is 81.4 Å². The average molecular weight is 312 g/mol. The van der Waals surface area contributed by atoms with Crippen LogP contribution in [0.1, 0.15) is 46.0 Å². The Hall–Kier alpha value is -2.82. The molecule has 2 aromatic rings. The maximum atomic E-state index is 12.4. The van der Waals surface area contributed by atoms with E-state index < -0.39 is 5.91 Å². The fourth-order valence-corrected chi connectivity index (χ4v) is 2.17. The Morgan fingerprint density at radius 2 is 1.74 bits per heavy atom. The van der Waals surface area contributed by atoms with Crippen molar-refractivity contribution >= 4 is 17.5 Å². The maximum absolute atomic E-state index is 12.4. The van der Waals surface area contributed by atoms with Crippen molar-refractivity contribution in [3.63, 3.8) is 0 Å². The van der Waals surface area contributed by atoms with E-state index >= 15 is 0 Å². The number of nitrogens with two attached hydrogens (primary N) is 1. The van der Waals surface area contributed by atoms with Crippen molar-refractivity contribution < 1.29 is 14.3 Å². The smallest absolute Gasteiger partial charge is 0.259 e. The van der Waals surface area contributed by atoms with Gasteiger partial charge in [0.1, 0.15) is 5.75 Å². The number of carbonyl (C=O) groups is 2. The minimum absolute atomic E-state index is 0.274. The lowest BCUT2D eigenvalue weighted by atomic mass is 10.0. The molecule has 0 saturated carbocycles. The van der Waals surface area contributed by atoms with Crippen LogP contribution in [0.25, 0.3) is 0 Å². The van der Waals surface area contributed by atoms with E-state index in [2.05, 4.69) is 19.2 Å². The highest BCUT2D eigenvalue weighted by Crippen LogP contribution is 2.25. The van der Waals surface area contributed by atoms with Crippen LogP contribution in [-0.4, -0.2) is 18.9 Å². The number of hydrogen-bond donors (Lipinski definition) is 2. The van der Waals surface area contributed by atoms with E-state index in [1.54, 1.807) is 30.3 Å². The second-order valence-electron chi connectivity index (χ2n) is 5.51. The fraction of sp³-hybridized carbons (Fsp3) is 0.222. The van der Waals surface area contributed by atoms with Crippen LogP contribution in [0.15, 0.2) is 42.5 Å². The number of nitrogens with one attached hydrogen (secondary N) is 1. The SMILES string of the molecule is COc1cc(C(C)C)ccc1C(=O)Nc1ccc(C(N)=O)cc1. The highest BCUT2D eigenvalue weighted by Gasteiger charge is 2.14. The minimum atomic E-state index is -0.506. The molecule has 0 radical (unpaired) electrons. The predicted octanol–water partition coefficient (Wildman–Crippen LogP) is 3.17. The van der Waals surface area contributed by atoms with Gasteiger partial charge in [-0.15, -0.1) is 0 Å². The standard InChI is InChI=1S/C18H20N2O3/c1-11(2)13-6-9-15(16(10-13)23-3)18(22)20-14-7-4-12(5-8-14)17(19)21/h4-11H,1-3H3,(H2,19,21)(H,20,22). The minimum Gasteiger partial charge on any atom is -0.496 e. The first kappa shape index (κ1) is 16.5. The first-order valence-electron chi connectivity index (χ1n) is 7.31. The Bertz CT molecular complexity index is 722. The van der Waals surface area contributed by atoms with Crippen molar-refractivity contribution in [2.24, 2.45) is 5.73 Å². The van der Waals surface area contributed by atoms with Gasteiger partial charge in [0.25, 0.3) is 5.91 Å². The van der Waals surface area contributed by atoms with E-state index in [0.717, 1.165) is 5.56 Å². The molecule has 0 saturated heterocycles. The summed E-state index contributed by atoms with van der Waals surface area (Å²) in [6, 6.07) is 11.9. The molecule has 0 aliphatic heterocycles. The zero-order valence-electron chi connectivity index (χ0n) is 13.4. The third-order valence-electron chi connectivity index (χ3n) is 3.56. The molecule has 0 atom stereocenters. The van der Waals surface area contributed by atoms with E-state index in [1.807, 2.05) is 12.1 Å². The van der Waals surface area contributed by atoms with Crippen LogP contribution in [0.5, 0.6) is 5.75 Å². The third-order valence-corrected chi connectivity index (χ3v) is 3.56. The molecule has 2 amide bonds. The van der Waals surface area contributed by atoms with Gasteiger partial charge >= 0.3 is 0 Å². The summed E-state index contributed by atoms with van der Waals surface area (Å²) in [4.78, 5) is 23.5. The number of methoxy groups -OCH3 is 1. The van der Waals surface area contributed by atoms with Crippen LogP contribution in [0.4, 0.5) is 5.69 Å². The normalized spacial score (nSPS) is 10.4. The summed E-state index contributed by atoms with van der Waals surface area (Å²) in [6.07, 6.45) is 0. The Morgan fingerprint density at radius 3 is 2.26 bits per heavy atom. The molecule has 5 heteroatoms. The lowest BCUT2D eigenvalue weighted by Crippen LogP contribution is -2.14. The van der Waals surface area contributed by atoms with E-state index in [9.17, 15) is 9.59 Å². The van der Waals surface area contributed by atoms with Crippen molar-refractivity contribution in [3.05, 3.63) is 59.2 Å². The molecule has 0 spiro atoms. The highest BCUT2D eigenvalue weighted by molar-refractivity contribution is 6.06. The summed E-state index contributed by atoms with van der Waals surface area (Å²) in [5, 5.41) is 2.78. The summed E-state index contributed by atoms with van der Waals surface area (Å²) in [5.41, 5.74) is 7.71. The number of hydrogen-bond acceptors (Lipinski definition) is 3. The predicted molar refractivity (Wildman–Crippen MR) is 90.0 cm³/mol. The molecule has 120 valence electrons. The van der Waals surface area contributed by atoms with Crippen molar-refractivity contribution in [2.45, 2.75) is 19.8 Å². The first-order valence-corrected chi connectivity index (χ1v) is 7.31. The van der Waals surface area contributed by atoms with Crippen LogP contribution in [0.3, 0.4) is 0 Å². The summed E-state index contributed by atoms with van der Waals surface area (Å²) in [5.74, 6) is 0.0996. The van der Waals surface area contributed by atoms with Crippen molar-refractivity contribution in [1.29, 1.82) is 0 Å². The van der Waals surface area contributed by atoms with Gasteiger partial charge in [-0.2, -0.15) is 0 Å². The number of benzene rings is 2. The molecular weight excluding hydrogens is 292 g/mol. The molecule has 0 aliphatic carbocycles. The lowest BCUT2D eigenvalue weighted by Gasteiger charge is -2.13. The maximum Gasteiger partial charge on any atom is 0.259 e. The van der Waals surface area contributed by atoms with Gasteiger partial charge in [-0.1, -0.05) is 19.9 Å². The van der Waals surface area contributed by atoms with E-state index in [-0.39, 0.29) is 5.91 Å². The summed E-state index contributed by atoms with van der Waals surface area (Å²) >= 11 is 0. The molecule has 0 fully saturated rings. The van der Waals surface area contributed by atoms with Gasteiger partial charge in [-0.3, -0.25) is 9.59 Å². The molecule has 0 bridgehead atoms. The monoisotopic (exact) mass is 312 g/mol. The van der Waals surface area contributed by atoms with Crippen molar-refractivity contribution in [1.82, 2.24) is 0 Å². The van der Waals surface area contributed by atoms with Gasteiger partial charge in [-0.05, 0) is 47.9 Å². The summed E-state index contributed by atoms with van der Waals surface area (Å²) in [6.45, 7) is 4.16. The van der Waals surface area contributed by atoms with E-state index in [0.29, 0.717) is 28.5 Å². The van der Waals surface area contributed by atoms with Crippen LogP contribution >= 0.6 is 0 Å². The lowest BCUT2D eigenvalue weighted by molar-refractivity contribution is 0.0998. The van der Waals surface area contributed by atoms with Crippen molar-refractivity contribution in [3.8, 4) is 5.75 Å². The average Bonchev–Trinajstić information content (AvgIpc) is 2.54.